The van der Waals surface area contributed by atoms with Crippen molar-refractivity contribution in [3.05, 3.63) is 29.8 Å². The summed E-state index contributed by atoms with van der Waals surface area (Å²) in [7, 11) is 3.53. The Morgan fingerprint density at radius 1 is 1.19 bits per heavy atom. The van der Waals surface area contributed by atoms with Crippen LogP contribution in [0.2, 0.25) is 0 Å². The Hall–Kier alpha value is -1.02. The average molecular weight is 474 g/mol. The number of hydrogen-bond donors (Lipinski definition) is 2. The van der Waals surface area contributed by atoms with Crippen LogP contribution in [0.25, 0.3) is 0 Å². The zero-order chi connectivity index (χ0) is 18.1. The van der Waals surface area contributed by atoms with Gasteiger partial charge in [-0.1, -0.05) is 18.6 Å². The van der Waals surface area contributed by atoms with Crippen molar-refractivity contribution < 1.29 is 4.74 Å². The predicted molar refractivity (Wildman–Crippen MR) is 121 cm³/mol. The molecule has 0 radical (unpaired) electrons. The molecular weight excluding hydrogens is 439 g/mol. The van der Waals surface area contributed by atoms with Gasteiger partial charge in [-0.05, 0) is 63.9 Å². The SMILES string of the molecule is CN=C(NCCc1cccc(OC)c1)NCC(C)(C)N1CCCCC1.I. The molecule has 2 rings (SSSR count). The number of methoxy groups -OCH3 is 1. The molecule has 5 nitrogen and oxygen atoms in total. The monoisotopic (exact) mass is 474 g/mol. The van der Waals surface area contributed by atoms with E-state index in [0.29, 0.717) is 0 Å². The van der Waals surface area contributed by atoms with Gasteiger partial charge in [0.1, 0.15) is 5.75 Å². The smallest absolute Gasteiger partial charge is 0.191 e. The number of benzene rings is 1. The standard InChI is InChI=1S/C20H34N4O.HI/c1-20(2,24-13-6-5-7-14-24)16-23-19(21-3)22-12-11-17-9-8-10-18(15-17)25-4;/h8-10,15H,5-7,11-14,16H2,1-4H3,(H2,21,22,23);1H. The Morgan fingerprint density at radius 2 is 1.92 bits per heavy atom. The highest BCUT2D eigenvalue weighted by Crippen LogP contribution is 2.19. The van der Waals surface area contributed by atoms with E-state index in [0.717, 1.165) is 31.2 Å². The highest BCUT2D eigenvalue weighted by molar-refractivity contribution is 14.0. The van der Waals surface area contributed by atoms with Crippen LogP contribution in [-0.4, -0.2) is 56.7 Å². The molecular formula is C20H35IN4O. The molecule has 1 aromatic carbocycles. The van der Waals surface area contributed by atoms with Crippen molar-refractivity contribution in [1.29, 1.82) is 0 Å². The molecule has 0 bridgehead atoms. The third kappa shape index (κ3) is 7.31. The lowest BCUT2D eigenvalue weighted by molar-refractivity contribution is 0.0982. The van der Waals surface area contributed by atoms with Crippen molar-refractivity contribution in [1.82, 2.24) is 15.5 Å². The molecule has 2 N–H and O–H groups in total. The molecule has 148 valence electrons. The molecule has 1 heterocycles. The van der Waals surface area contributed by atoms with E-state index in [2.05, 4.69) is 46.5 Å². The summed E-state index contributed by atoms with van der Waals surface area (Å²) in [6.45, 7) is 8.78. The van der Waals surface area contributed by atoms with Gasteiger partial charge in [0, 0.05) is 25.7 Å². The summed E-state index contributed by atoms with van der Waals surface area (Å²) in [5, 5.41) is 6.90. The molecule has 0 unspecified atom stereocenters. The molecule has 0 saturated carbocycles. The van der Waals surface area contributed by atoms with Gasteiger partial charge in [0.2, 0.25) is 0 Å². The van der Waals surface area contributed by atoms with Crippen LogP contribution in [0, 0.1) is 0 Å². The van der Waals surface area contributed by atoms with Gasteiger partial charge in [-0.25, -0.2) is 0 Å². The van der Waals surface area contributed by atoms with Gasteiger partial charge in [0.15, 0.2) is 5.96 Å². The van der Waals surface area contributed by atoms with E-state index in [1.54, 1.807) is 7.11 Å². The van der Waals surface area contributed by atoms with E-state index in [9.17, 15) is 0 Å². The van der Waals surface area contributed by atoms with Gasteiger partial charge in [-0.15, -0.1) is 24.0 Å². The van der Waals surface area contributed by atoms with Crippen LogP contribution in [0.15, 0.2) is 29.3 Å². The third-order valence-electron chi connectivity index (χ3n) is 4.96. The number of nitrogens with zero attached hydrogens (tertiary/aromatic N) is 2. The summed E-state index contributed by atoms with van der Waals surface area (Å²) in [6.07, 6.45) is 4.94. The molecule has 1 aliphatic rings. The largest absolute Gasteiger partial charge is 0.497 e. The lowest BCUT2D eigenvalue weighted by atomic mass is 9.98. The topological polar surface area (TPSA) is 48.9 Å². The van der Waals surface area contributed by atoms with Crippen molar-refractivity contribution in [3.63, 3.8) is 0 Å². The normalized spacial score (nSPS) is 15.9. The van der Waals surface area contributed by atoms with Crippen molar-refractivity contribution in [3.8, 4) is 5.75 Å². The first-order chi connectivity index (χ1) is 12.0. The minimum absolute atomic E-state index is 0. The second-order valence-corrected chi connectivity index (χ2v) is 7.31. The quantitative estimate of drug-likeness (QED) is 0.362. The highest BCUT2D eigenvalue weighted by atomic mass is 127. The molecule has 0 aliphatic carbocycles. The first kappa shape index (κ1) is 23.0. The van der Waals surface area contributed by atoms with E-state index in [-0.39, 0.29) is 29.5 Å². The van der Waals surface area contributed by atoms with Gasteiger partial charge >= 0.3 is 0 Å². The lowest BCUT2D eigenvalue weighted by Gasteiger charge is -2.41. The van der Waals surface area contributed by atoms with Crippen molar-refractivity contribution in [2.75, 3.05) is 40.3 Å². The van der Waals surface area contributed by atoms with Crippen molar-refractivity contribution in [2.24, 2.45) is 4.99 Å². The van der Waals surface area contributed by atoms with E-state index in [1.807, 2.05) is 19.2 Å². The Balaban J connectivity index is 0.00000338. The number of rotatable bonds is 7. The lowest BCUT2D eigenvalue weighted by Crippen LogP contribution is -2.55. The highest BCUT2D eigenvalue weighted by Gasteiger charge is 2.27. The number of hydrogen-bond acceptors (Lipinski definition) is 3. The van der Waals surface area contributed by atoms with E-state index < -0.39 is 0 Å². The number of nitrogens with one attached hydrogen (secondary N) is 2. The van der Waals surface area contributed by atoms with Gasteiger partial charge < -0.3 is 15.4 Å². The van der Waals surface area contributed by atoms with E-state index in [1.165, 1.54) is 37.9 Å². The molecule has 0 amide bonds. The van der Waals surface area contributed by atoms with Gasteiger partial charge in [0.25, 0.3) is 0 Å². The third-order valence-corrected chi connectivity index (χ3v) is 4.96. The number of halogens is 1. The first-order valence-corrected chi connectivity index (χ1v) is 9.37. The summed E-state index contributed by atoms with van der Waals surface area (Å²) in [5.74, 6) is 1.77. The summed E-state index contributed by atoms with van der Waals surface area (Å²) in [6, 6.07) is 8.21. The summed E-state index contributed by atoms with van der Waals surface area (Å²) in [5.41, 5.74) is 1.40. The predicted octanol–water partition coefficient (Wildman–Crippen LogP) is 3.29. The molecule has 26 heavy (non-hydrogen) atoms. The Labute approximate surface area is 176 Å². The maximum absolute atomic E-state index is 5.28. The van der Waals surface area contributed by atoms with Crippen molar-refractivity contribution >= 4 is 29.9 Å². The Kier molecular flexibility index (Phi) is 10.3. The zero-order valence-corrected chi connectivity index (χ0v) is 19.0. The zero-order valence-electron chi connectivity index (χ0n) is 16.7. The summed E-state index contributed by atoms with van der Waals surface area (Å²) < 4.78 is 5.28. The fraction of sp³-hybridized carbons (Fsp3) is 0.650. The molecule has 1 aromatic rings. The summed E-state index contributed by atoms with van der Waals surface area (Å²) >= 11 is 0. The molecule has 0 spiro atoms. The molecule has 1 aliphatic heterocycles. The van der Waals surface area contributed by atoms with Crippen LogP contribution < -0.4 is 15.4 Å². The van der Waals surface area contributed by atoms with Crippen LogP contribution in [-0.2, 0) is 6.42 Å². The summed E-state index contributed by atoms with van der Waals surface area (Å²) in [4.78, 5) is 6.94. The maximum Gasteiger partial charge on any atom is 0.191 e. The molecule has 0 aromatic heterocycles. The average Bonchev–Trinajstić information content (AvgIpc) is 2.65. The maximum atomic E-state index is 5.28. The number of aliphatic imine (C=N–C) groups is 1. The van der Waals surface area contributed by atoms with E-state index >= 15 is 0 Å². The van der Waals surface area contributed by atoms with Gasteiger partial charge in [0.05, 0.1) is 7.11 Å². The second-order valence-electron chi connectivity index (χ2n) is 7.31. The molecule has 1 fully saturated rings. The fourth-order valence-electron chi connectivity index (χ4n) is 3.28. The number of likely N-dealkylation sites (tertiary alicyclic amines) is 1. The minimum Gasteiger partial charge on any atom is -0.497 e. The first-order valence-electron chi connectivity index (χ1n) is 9.37. The minimum atomic E-state index is 0. The van der Waals surface area contributed by atoms with Crippen LogP contribution in [0.4, 0.5) is 0 Å². The number of guanidine groups is 1. The molecule has 6 heteroatoms. The van der Waals surface area contributed by atoms with E-state index in [4.69, 9.17) is 4.74 Å². The van der Waals surface area contributed by atoms with Crippen LogP contribution in [0.3, 0.4) is 0 Å². The van der Waals surface area contributed by atoms with Gasteiger partial charge in [-0.3, -0.25) is 9.89 Å². The molecule has 0 atom stereocenters. The van der Waals surface area contributed by atoms with Crippen molar-refractivity contribution in [2.45, 2.75) is 45.1 Å². The molecule has 1 saturated heterocycles. The van der Waals surface area contributed by atoms with Crippen LogP contribution in [0.5, 0.6) is 5.75 Å². The number of ether oxygens (including phenoxy) is 1. The Bertz CT molecular complexity index is 556. The van der Waals surface area contributed by atoms with Crippen LogP contribution in [0.1, 0.15) is 38.7 Å². The van der Waals surface area contributed by atoms with Gasteiger partial charge in [-0.2, -0.15) is 0 Å². The Morgan fingerprint density at radius 3 is 2.58 bits per heavy atom. The fourth-order valence-corrected chi connectivity index (χ4v) is 3.28. The second kappa shape index (κ2) is 11.6. The van der Waals surface area contributed by atoms with Crippen LogP contribution >= 0.6 is 24.0 Å². The number of piperidine rings is 1.